The van der Waals surface area contributed by atoms with Gasteiger partial charge in [0.1, 0.15) is 11.0 Å². The van der Waals surface area contributed by atoms with E-state index in [4.69, 9.17) is 11.6 Å². The van der Waals surface area contributed by atoms with Crippen molar-refractivity contribution in [1.29, 1.82) is 0 Å². The fourth-order valence-corrected chi connectivity index (χ4v) is 1.65. The summed E-state index contributed by atoms with van der Waals surface area (Å²) in [5, 5.41) is -0.804. The molecule has 0 amide bonds. The van der Waals surface area contributed by atoms with Crippen molar-refractivity contribution in [3.63, 3.8) is 0 Å². The van der Waals surface area contributed by atoms with Crippen LogP contribution < -0.4 is 4.72 Å². The molecular formula is C7H6ClF3N2O2S. The number of nitrogens with one attached hydrogen (secondary N) is 1. The molecule has 0 aliphatic rings. The van der Waals surface area contributed by atoms with Crippen LogP contribution in [0.15, 0.2) is 12.1 Å². The maximum atomic E-state index is 12.3. The maximum absolute atomic E-state index is 12.3. The zero-order chi connectivity index (χ0) is 12.6. The molecule has 0 saturated carbocycles. The van der Waals surface area contributed by atoms with Gasteiger partial charge in [-0.1, -0.05) is 11.6 Å². The third kappa shape index (κ3) is 3.53. The molecule has 16 heavy (non-hydrogen) atoms. The normalized spacial score (nSPS) is 12.6. The zero-order valence-corrected chi connectivity index (χ0v) is 9.41. The van der Waals surface area contributed by atoms with Gasteiger partial charge in [0.15, 0.2) is 0 Å². The van der Waals surface area contributed by atoms with Crippen molar-refractivity contribution in [3.05, 3.63) is 22.8 Å². The van der Waals surface area contributed by atoms with Crippen LogP contribution in [0.5, 0.6) is 0 Å². The lowest BCUT2D eigenvalue weighted by Gasteiger charge is -2.09. The van der Waals surface area contributed by atoms with E-state index in [2.05, 4.69) is 4.98 Å². The molecule has 1 heterocycles. The second kappa shape index (κ2) is 4.10. The van der Waals surface area contributed by atoms with E-state index in [0.29, 0.717) is 6.07 Å². The molecular weight excluding hydrogens is 269 g/mol. The van der Waals surface area contributed by atoms with E-state index < -0.39 is 26.9 Å². The number of pyridine rings is 1. The van der Waals surface area contributed by atoms with E-state index in [-0.39, 0.29) is 5.82 Å². The number of rotatable bonds is 2. The number of hydrogen-bond acceptors (Lipinski definition) is 3. The van der Waals surface area contributed by atoms with Gasteiger partial charge < -0.3 is 0 Å². The Morgan fingerprint density at radius 2 is 1.94 bits per heavy atom. The van der Waals surface area contributed by atoms with E-state index in [1.165, 1.54) is 0 Å². The van der Waals surface area contributed by atoms with Gasteiger partial charge >= 0.3 is 6.18 Å². The molecule has 0 bridgehead atoms. The first-order valence-corrected chi connectivity index (χ1v) is 6.08. The van der Waals surface area contributed by atoms with Gasteiger partial charge in [0, 0.05) is 0 Å². The molecule has 90 valence electrons. The van der Waals surface area contributed by atoms with Crippen LogP contribution in [0.4, 0.5) is 19.0 Å². The lowest BCUT2D eigenvalue weighted by molar-refractivity contribution is -0.137. The van der Waals surface area contributed by atoms with Crippen LogP contribution >= 0.6 is 11.6 Å². The fraction of sp³-hybridized carbons (Fsp3) is 0.286. The van der Waals surface area contributed by atoms with Crippen LogP contribution in [0, 0.1) is 0 Å². The Kier molecular flexibility index (Phi) is 3.34. The summed E-state index contributed by atoms with van der Waals surface area (Å²) in [5.74, 6) is -0.263. The second-order valence-corrected chi connectivity index (χ2v) is 5.01. The van der Waals surface area contributed by atoms with Gasteiger partial charge in [0.05, 0.1) is 11.8 Å². The molecule has 0 saturated heterocycles. The monoisotopic (exact) mass is 274 g/mol. The summed E-state index contributed by atoms with van der Waals surface area (Å²) >= 11 is 5.28. The van der Waals surface area contributed by atoms with E-state index in [1.807, 2.05) is 4.72 Å². The Morgan fingerprint density at radius 3 is 2.31 bits per heavy atom. The average molecular weight is 275 g/mol. The molecule has 0 aliphatic heterocycles. The van der Waals surface area contributed by atoms with Gasteiger partial charge in [0.2, 0.25) is 10.0 Å². The molecule has 0 fully saturated rings. The molecule has 0 aliphatic carbocycles. The van der Waals surface area contributed by atoms with E-state index in [0.717, 1.165) is 12.3 Å². The molecule has 9 heteroatoms. The third-order valence-corrected chi connectivity index (χ3v) is 2.31. The second-order valence-electron chi connectivity index (χ2n) is 2.91. The highest BCUT2D eigenvalue weighted by Crippen LogP contribution is 2.34. The number of halogens is 4. The molecule has 0 unspecified atom stereocenters. The first kappa shape index (κ1) is 13.0. The van der Waals surface area contributed by atoms with Crippen molar-refractivity contribution in [2.75, 3.05) is 11.0 Å². The smallest absolute Gasteiger partial charge is 0.268 e. The summed E-state index contributed by atoms with van der Waals surface area (Å²) in [6.45, 7) is 0. The van der Waals surface area contributed by atoms with E-state index in [9.17, 15) is 21.6 Å². The summed E-state index contributed by atoms with van der Waals surface area (Å²) in [6.07, 6.45) is -3.77. The number of nitrogens with zero attached hydrogens (tertiary/aromatic N) is 1. The lowest BCUT2D eigenvalue weighted by atomic mass is 10.3. The van der Waals surface area contributed by atoms with Crippen molar-refractivity contribution in [3.8, 4) is 0 Å². The van der Waals surface area contributed by atoms with E-state index >= 15 is 0 Å². The first-order chi connectivity index (χ1) is 7.09. The highest BCUT2D eigenvalue weighted by atomic mass is 35.5. The molecule has 0 radical (unpaired) electrons. The molecule has 1 rings (SSSR count). The fourth-order valence-electron chi connectivity index (χ4n) is 0.893. The molecule has 4 nitrogen and oxygen atoms in total. The Balaban J connectivity index is 3.10. The van der Waals surface area contributed by atoms with Crippen LogP contribution in [-0.4, -0.2) is 19.7 Å². The van der Waals surface area contributed by atoms with Gasteiger partial charge in [-0.05, 0) is 12.1 Å². The Hall–Kier alpha value is -1.02. The molecule has 1 N–H and O–H groups in total. The van der Waals surface area contributed by atoms with Crippen LogP contribution in [0.3, 0.4) is 0 Å². The van der Waals surface area contributed by atoms with Gasteiger partial charge in [-0.15, -0.1) is 0 Å². The average Bonchev–Trinajstić information content (AvgIpc) is 1.97. The number of alkyl halides is 3. The van der Waals surface area contributed by atoms with Crippen LogP contribution in [0.2, 0.25) is 5.15 Å². The quantitative estimate of drug-likeness (QED) is 0.841. The molecule has 1 aromatic rings. The minimum Gasteiger partial charge on any atom is -0.268 e. The highest BCUT2D eigenvalue weighted by molar-refractivity contribution is 7.92. The van der Waals surface area contributed by atoms with Gasteiger partial charge in [-0.2, -0.15) is 13.2 Å². The zero-order valence-electron chi connectivity index (χ0n) is 7.84. The predicted octanol–water partition coefficient (Wildman–Crippen LogP) is 2.13. The van der Waals surface area contributed by atoms with Crippen molar-refractivity contribution in [1.82, 2.24) is 4.98 Å². The minimum atomic E-state index is -4.62. The Labute approximate surface area is 94.5 Å². The summed E-state index contributed by atoms with van der Waals surface area (Å²) < 4.78 is 60.2. The highest BCUT2D eigenvalue weighted by Gasteiger charge is 2.34. The van der Waals surface area contributed by atoms with Crippen molar-refractivity contribution >= 4 is 27.4 Å². The van der Waals surface area contributed by atoms with Crippen molar-refractivity contribution in [2.45, 2.75) is 6.18 Å². The molecule has 0 aromatic carbocycles. The molecule has 0 spiro atoms. The van der Waals surface area contributed by atoms with Crippen molar-refractivity contribution < 1.29 is 21.6 Å². The van der Waals surface area contributed by atoms with E-state index in [1.54, 1.807) is 0 Å². The van der Waals surface area contributed by atoms with Gasteiger partial charge in [-0.25, -0.2) is 13.4 Å². The SMILES string of the molecule is CS(=O)(=O)Nc1ccc(C(F)(F)F)c(Cl)n1. The number of hydrogen-bond donors (Lipinski definition) is 1. The lowest BCUT2D eigenvalue weighted by Crippen LogP contribution is -2.12. The minimum absolute atomic E-state index is 0.263. The first-order valence-electron chi connectivity index (χ1n) is 3.81. The van der Waals surface area contributed by atoms with Crippen LogP contribution in [-0.2, 0) is 16.2 Å². The van der Waals surface area contributed by atoms with Gasteiger partial charge in [0.25, 0.3) is 0 Å². The summed E-state index contributed by atoms with van der Waals surface area (Å²) in [6, 6.07) is 1.54. The van der Waals surface area contributed by atoms with Gasteiger partial charge in [-0.3, -0.25) is 4.72 Å². The van der Waals surface area contributed by atoms with Crippen LogP contribution in [0.1, 0.15) is 5.56 Å². The molecule has 1 aromatic heterocycles. The number of anilines is 1. The topological polar surface area (TPSA) is 59.1 Å². The predicted molar refractivity (Wildman–Crippen MR) is 52.7 cm³/mol. The summed E-state index contributed by atoms with van der Waals surface area (Å²) in [4.78, 5) is 3.28. The Bertz CT molecular complexity index is 501. The largest absolute Gasteiger partial charge is 0.419 e. The maximum Gasteiger partial charge on any atom is 0.419 e. The van der Waals surface area contributed by atoms with Crippen LogP contribution in [0.25, 0.3) is 0 Å². The Morgan fingerprint density at radius 1 is 1.38 bits per heavy atom. The standard InChI is InChI=1S/C7H6ClF3N2O2S/c1-16(14,15)13-5-3-2-4(6(8)12-5)7(9,10)11/h2-3H,1H3,(H,12,13). The number of sulfonamides is 1. The third-order valence-electron chi connectivity index (χ3n) is 1.44. The number of aromatic nitrogens is 1. The summed E-state index contributed by atoms with van der Waals surface area (Å²) in [5.41, 5.74) is -1.12. The van der Waals surface area contributed by atoms with Crippen molar-refractivity contribution in [2.24, 2.45) is 0 Å². The summed E-state index contributed by atoms with van der Waals surface area (Å²) in [7, 11) is -3.59. The molecule has 0 atom stereocenters.